The third-order valence-electron chi connectivity index (χ3n) is 2.43. The molecule has 3 N–H and O–H groups in total. The van der Waals surface area contributed by atoms with Crippen LogP contribution in [0.5, 0.6) is 0 Å². The first-order valence-corrected chi connectivity index (χ1v) is 6.23. The fourth-order valence-corrected chi connectivity index (χ4v) is 2.39. The summed E-state index contributed by atoms with van der Waals surface area (Å²) in [5.74, 6) is 0.794. The average molecular weight is 263 g/mol. The molecule has 0 saturated heterocycles. The predicted octanol–water partition coefficient (Wildman–Crippen LogP) is 1.20. The highest BCUT2D eigenvalue weighted by molar-refractivity contribution is 7.98. The van der Waals surface area contributed by atoms with Crippen LogP contribution in [0.3, 0.4) is 0 Å². The van der Waals surface area contributed by atoms with Crippen molar-refractivity contribution in [2.75, 3.05) is 0 Å². The molecule has 1 heterocycles. The number of aromatic nitrogens is 3. The molecule has 7 heteroatoms. The smallest absolute Gasteiger partial charge is 0.191 e. The lowest BCUT2D eigenvalue weighted by Gasteiger charge is -2.07. The lowest BCUT2D eigenvalue weighted by molar-refractivity contribution is 0.318. The average Bonchev–Trinajstić information content (AvgIpc) is 2.81. The van der Waals surface area contributed by atoms with Crippen molar-refractivity contribution in [1.29, 1.82) is 0 Å². The van der Waals surface area contributed by atoms with Crippen molar-refractivity contribution < 1.29 is 5.21 Å². The van der Waals surface area contributed by atoms with E-state index in [0.717, 1.165) is 16.3 Å². The van der Waals surface area contributed by atoms with Gasteiger partial charge in [-0.1, -0.05) is 41.2 Å². The minimum atomic E-state index is 0.115. The Bertz CT molecular complexity index is 566. The Balaban J connectivity index is 2.17. The maximum atomic E-state index is 8.74. The van der Waals surface area contributed by atoms with Gasteiger partial charge in [-0.15, -0.1) is 10.2 Å². The van der Waals surface area contributed by atoms with Crippen LogP contribution in [0, 0.1) is 0 Å². The Labute approximate surface area is 109 Å². The summed E-state index contributed by atoms with van der Waals surface area (Å²) in [5, 5.41) is 20.4. The highest BCUT2D eigenvalue weighted by atomic mass is 32.2. The molecule has 0 aliphatic rings. The maximum Gasteiger partial charge on any atom is 0.191 e. The Morgan fingerprint density at radius 2 is 2.28 bits per heavy atom. The van der Waals surface area contributed by atoms with E-state index in [4.69, 9.17) is 10.9 Å². The number of amidine groups is 1. The molecular formula is C11H13N5OS. The molecule has 0 aliphatic carbocycles. The summed E-state index contributed by atoms with van der Waals surface area (Å²) >= 11 is 1.55. The SMILES string of the molecule is Cn1cnnc1SCc1ccccc1/C(N)=N/O. The van der Waals surface area contributed by atoms with Gasteiger partial charge < -0.3 is 15.5 Å². The van der Waals surface area contributed by atoms with Gasteiger partial charge >= 0.3 is 0 Å². The second kappa shape index (κ2) is 5.54. The van der Waals surface area contributed by atoms with E-state index in [2.05, 4.69) is 15.4 Å². The standard InChI is InChI=1S/C11H13N5OS/c1-16-7-13-14-11(16)18-6-8-4-2-3-5-9(8)10(12)15-17/h2-5,7,17H,6H2,1H3,(H2,12,15). The number of nitrogens with zero attached hydrogens (tertiary/aromatic N) is 4. The van der Waals surface area contributed by atoms with Crippen LogP contribution in [0.25, 0.3) is 0 Å². The zero-order valence-corrected chi connectivity index (χ0v) is 10.6. The molecule has 2 aromatic rings. The van der Waals surface area contributed by atoms with Crippen LogP contribution in [-0.2, 0) is 12.8 Å². The van der Waals surface area contributed by atoms with E-state index in [0.29, 0.717) is 5.75 Å². The van der Waals surface area contributed by atoms with Gasteiger partial charge in [0.2, 0.25) is 0 Å². The summed E-state index contributed by atoms with van der Waals surface area (Å²) in [5.41, 5.74) is 7.35. The molecule has 0 fully saturated rings. The number of benzene rings is 1. The lowest BCUT2D eigenvalue weighted by atomic mass is 10.1. The molecule has 0 saturated carbocycles. The number of aryl methyl sites for hydroxylation is 1. The predicted molar refractivity (Wildman–Crippen MR) is 69.5 cm³/mol. The van der Waals surface area contributed by atoms with Gasteiger partial charge in [0.25, 0.3) is 0 Å². The van der Waals surface area contributed by atoms with Gasteiger partial charge in [-0.2, -0.15) is 0 Å². The van der Waals surface area contributed by atoms with E-state index >= 15 is 0 Å². The van der Waals surface area contributed by atoms with Crippen LogP contribution in [0.4, 0.5) is 0 Å². The molecule has 1 aromatic heterocycles. The fourth-order valence-electron chi connectivity index (χ4n) is 1.50. The van der Waals surface area contributed by atoms with Gasteiger partial charge in [-0.25, -0.2) is 0 Å². The summed E-state index contributed by atoms with van der Waals surface area (Å²) in [6.07, 6.45) is 1.65. The van der Waals surface area contributed by atoms with E-state index < -0.39 is 0 Å². The number of oxime groups is 1. The molecular weight excluding hydrogens is 250 g/mol. The van der Waals surface area contributed by atoms with Gasteiger partial charge in [0.1, 0.15) is 6.33 Å². The van der Waals surface area contributed by atoms with Crippen molar-refractivity contribution >= 4 is 17.6 Å². The summed E-state index contributed by atoms with van der Waals surface area (Å²) in [7, 11) is 1.89. The fraction of sp³-hybridized carbons (Fsp3) is 0.182. The molecule has 0 atom stereocenters. The van der Waals surface area contributed by atoms with E-state index in [9.17, 15) is 0 Å². The largest absolute Gasteiger partial charge is 0.409 e. The molecule has 0 bridgehead atoms. The number of nitrogens with two attached hydrogens (primary N) is 1. The second-order valence-corrected chi connectivity index (χ2v) is 4.60. The number of hydrogen-bond donors (Lipinski definition) is 2. The van der Waals surface area contributed by atoms with Gasteiger partial charge in [0.05, 0.1) is 0 Å². The first-order valence-electron chi connectivity index (χ1n) is 5.25. The highest BCUT2D eigenvalue weighted by Gasteiger charge is 2.08. The topological polar surface area (TPSA) is 89.3 Å². The molecule has 18 heavy (non-hydrogen) atoms. The molecule has 0 spiro atoms. The van der Waals surface area contributed by atoms with Gasteiger partial charge in [0, 0.05) is 18.4 Å². The van der Waals surface area contributed by atoms with E-state index in [1.807, 2.05) is 35.9 Å². The highest BCUT2D eigenvalue weighted by Crippen LogP contribution is 2.22. The quantitative estimate of drug-likeness (QED) is 0.284. The first-order chi connectivity index (χ1) is 8.72. The molecule has 0 amide bonds. The van der Waals surface area contributed by atoms with Crippen LogP contribution in [0.15, 0.2) is 40.9 Å². The van der Waals surface area contributed by atoms with Crippen LogP contribution in [-0.4, -0.2) is 25.8 Å². The number of thioether (sulfide) groups is 1. The molecule has 94 valence electrons. The summed E-state index contributed by atoms with van der Waals surface area (Å²) in [6, 6.07) is 7.53. The van der Waals surface area contributed by atoms with Crippen molar-refractivity contribution in [1.82, 2.24) is 14.8 Å². The Morgan fingerprint density at radius 3 is 2.94 bits per heavy atom. The third-order valence-corrected chi connectivity index (χ3v) is 3.51. The Kier molecular flexibility index (Phi) is 3.83. The summed E-state index contributed by atoms with van der Waals surface area (Å²) in [6.45, 7) is 0. The van der Waals surface area contributed by atoms with Crippen molar-refractivity contribution in [2.45, 2.75) is 10.9 Å². The minimum Gasteiger partial charge on any atom is -0.409 e. The number of hydrogen-bond acceptors (Lipinski definition) is 5. The number of rotatable bonds is 4. The van der Waals surface area contributed by atoms with Crippen molar-refractivity contribution in [3.63, 3.8) is 0 Å². The van der Waals surface area contributed by atoms with Crippen LogP contribution < -0.4 is 5.73 Å². The normalized spacial score (nSPS) is 11.7. The van der Waals surface area contributed by atoms with Crippen molar-refractivity contribution in [3.8, 4) is 0 Å². The van der Waals surface area contributed by atoms with Crippen molar-refractivity contribution in [2.24, 2.45) is 17.9 Å². The lowest BCUT2D eigenvalue weighted by Crippen LogP contribution is -2.15. The van der Waals surface area contributed by atoms with Crippen LogP contribution in [0.2, 0.25) is 0 Å². The van der Waals surface area contributed by atoms with E-state index in [1.165, 1.54) is 0 Å². The summed E-state index contributed by atoms with van der Waals surface area (Å²) in [4.78, 5) is 0. The Morgan fingerprint density at radius 1 is 1.50 bits per heavy atom. The zero-order valence-electron chi connectivity index (χ0n) is 9.82. The monoisotopic (exact) mass is 263 g/mol. The summed E-state index contributed by atoms with van der Waals surface area (Å²) < 4.78 is 1.84. The minimum absolute atomic E-state index is 0.115. The van der Waals surface area contributed by atoms with Crippen LogP contribution >= 0.6 is 11.8 Å². The molecule has 0 radical (unpaired) electrons. The first kappa shape index (κ1) is 12.4. The molecule has 2 rings (SSSR count). The van der Waals surface area contributed by atoms with Crippen LogP contribution in [0.1, 0.15) is 11.1 Å². The molecule has 1 aromatic carbocycles. The maximum absolute atomic E-state index is 8.74. The van der Waals surface area contributed by atoms with E-state index in [-0.39, 0.29) is 5.84 Å². The van der Waals surface area contributed by atoms with Gasteiger partial charge in [0.15, 0.2) is 11.0 Å². The second-order valence-electron chi connectivity index (χ2n) is 3.66. The van der Waals surface area contributed by atoms with E-state index in [1.54, 1.807) is 18.1 Å². The third kappa shape index (κ3) is 2.62. The molecule has 0 aliphatic heterocycles. The van der Waals surface area contributed by atoms with Gasteiger partial charge in [-0.3, -0.25) is 0 Å². The zero-order chi connectivity index (χ0) is 13.0. The molecule has 0 unspecified atom stereocenters. The Hall–Kier alpha value is -2.02. The molecule has 6 nitrogen and oxygen atoms in total. The van der Waals surface area contributed by atoms with Crippen molar-refractivity contribution in [3.05, 3.63) is 41.7 Å². The van der Waals surface area contributed by atoms with Gasteiger partial charge in [-0.05, 0) is 5.56 Å².